The van der Waals surface area contributed by atoms with E-state index in [4.69, 9.17) is 5.11 Å². The third-order valence-electron chi connectivity index (χ3n) is 2.35. The molecule has 7 heteroatoms. The van der Waals surface area contributed by atoms with Crippen molar-refractivity contribution < 1.29 is 32.6 Å². The Balaban J connectivity index is 3.03. The topological polar surface area (TPSA) is 57.5 Å². The molecule has 0 fully saturated rings. The van der Waals surface area contributed by atoms with Crippen LogP contribution in [0.5, 0.6) is 0 Å². The second-order valence-electron chi connectivity index (χ2n) is 4.07. The zero-order valence-corrected chi connectivity index (χ0v) is 9.25. The van der Waals surface area contributed by atoms with Crippen molar-refractivity contribution >= 4 is 5.97 Å². The molecule has 0 aliphatic heterocycles. The van der Waals surface area contributed by atoms with Gasteiger partial charge in [-0.05, 0) is 24.6 Å². The minimum Gasteiger partial charge on any atom is -0.479 e. The molecule has 1 rings (SSSR count). The number of benzene rings is 1. The van der Waals surface area contributed by atoms with Gasteiger partial charge in [-0.3, -0.25) is 0 Å². The van der Waals surface area contributed by atoms with Crippen LogP contribution in [0.25, 0.3) is 0 Å². The van der Waals surface area contributed by atoms with Crippen molar-refractivity contribution in [1.29, 1.82) is 0 Å². The molecule has 0 saturated carbocycles. The van der Waals surface area contributed by atoms with Crippen LogP contribution in [0.2, 0.25) is 0 Å². The van der Waals surface area contributed by atoms with Gasteiger partial charge >= 0.3 is 12.1 Å². The molecule has 0 spiro atoms. The quantitative estimate of drug-likeness (QED) is 0.825. The van der Waals surface area contributed by atoms with E-state index in [2.05, 4.69) is 0 Å². The van der Waals surface area contributed by atoms with Crippen molar-refractivity contribution in [2.45, 2.75) is 25.1 Å². The van der Waals surface area contributed by atoms with Gasteiger partial charge in [0.1, 0.15) is 5.82 Å². The lowest BCUT2D eigenvalue weighted by Gasteiger charge is -2.18. The van der Waals surface area contributed by atoms with Crippen molar-refractivity contribution in [3.63, 3.8) is 0 Å². The smallest absolute Gasteiger partial charge is 0.419 e. The van der Waals surface area contributed by atoms with Gasteiger partial charge in [-0.1, -0.05) is 6.07 Å². The maximum Gasteiger partial charge on any atom is 0.419 e. The van der Waals surface area contributed by atoms with Crippen molar-refractivity contribution in [1.82, 2.24) is 0 Å². The van der Waals surface area contributed by atoms with E-state index in [1.807, 2.05) is 0 Å². The third-order valence-corrected chi connectivity index (χ3v) is 2.35. The highest BCUT2D eigenvalue weighted by Gasteiger charge is 2.35. The molecule has 0 saturated heterocycles. The van der Waals surface area contributed by atoms with Crippen LogP contribution in [-0.2, 0) is 17.4 Å². The zero-order chi connectivity index (χ0) is 14.1. The fourth-order valence-corrected chi connectivity index (χ4v) is 1.37. The minimum absolute atomic E-state index is 0.0344. The van der Waals surface area contributed by atoms with Crippen molar-refractivity contribution in [2.24, 2.45) is 0 Å². The van der Waals surface area contributed by atoms with E-state index < -0.39 is 35.5 Å². The summed E-state index contributed by atoms with van der Waals surface area (Å²) in [7, 11) is 0. The minimum atomic E-state index is -4.81. The van der Waals surface area contributed by atoms with Crippen molar-refractivity contribution in [2.75, 3.05) is 0 Å². The van der Waals surface area contributed by atoms with Gasteiger partial charge in [0, 0.05) is 6.42 Å². The molecule has 18 heavy (non-hydrogen) atoms. The highest BCUT2D eigenvalue weighted by Crippen LogP contribution is 2.32. The Bertz CT molecular complexity index is 466. The Kier molecular flexibility index (Phi) is 3.66. The van der Waals surface area contributed by atoms with Gasteiger partial charge in [-0.25, -0.2) is 9.18 Å². The van der Waals surface area contributed by atoms with Gasteiger partial charge < -0.3 is 10.2 Å². The molecule has 0 heterocycles. The molecule has 0 amide bonds. The van der Waals surface area contributed by atoms with Gasteiger partial charge in [0.15, 0.2) is 5.60 Å². The summed E-state index contributed by atoms with van der Waals surface area (Å²) in [6, 6.07) is 2.02. The van der Waals surface area contributed by atoms with E-state index in [9.17, 15) is 27.5 Å². The van der Waals surface area contributed by atoms with E-state index in [0.29, 0.717) is 12.1 Å². The summed E-state index contributed by atoms with van der Waals surface area (Å²) in [6.45, 7) is 0.977. The number of rotatable bonds is 3. The van der Waals surface area contributed by atoms with E-state index in [1.165, 1.54) is 0 Å². The van der Waals surface area contributed by atoms with E-state index in [1.54, 1.807) is 0 Å². The molecule has 2 N–H and O–H groups in total. The number of carbonyl (C=O) groups is 1. The summed E-state index contributed by atoms with van der Waals surface area (Å²) >= 11 is 0. The molecule has 0 aliphatic rings. The Morgan fingerprint density at radius 3 is 2.28 bits per heavy atom. The lowest BCUT2D eigenvalue weighted by Crippen LogP contribution is -2.37. The highest BCUT2D eigenvalue weighted by atomic mass is 19.4. The first-order valence-electron chi connectivity index (χ1n) is 4.85. The molecular formula is C11H10F4O3. The zero-order valence-electron chi connectivity index (χ0n) is 9.25. The number of aliphatic hydroxyl groups is 1. The summed E-state index contributed by atoms with van der Waals surface area (Å²) < 4.78 is 50.0. The molecule has 1 atom stereocenters. The van der Waals surface area contributed by atoms with Crippen LogP contribution in [0.1, 0.15) is 18.1 Å². The second kappa shape index (κ2) is 4.56. The average Bonchev–Trinajstić information content (AvgIpc) is 2.14. The monoisotopic (exact) mass is 266 g/mol. The number of carboxylic acids is 1. The van der Waals surface area contributed by atoms with Crippen LogP contribution in [0.15, 0.2) is 18.2 Å². The van der Waals surface area contributed by atoms with Gasteiger partial charge in [0.25, 0.3) is 0 Å². The summed E-state index contributed by atoms with van der Waals surface area (Å²) in [5.41, 5.74) is -3.62. The Hall–Kier alpha value is -1.63. The van der Waals surface area contributed by atoms with E-state index in [0.717, 1.165) is 13.0 Å². The van der Waals surface area contributed by atoms with Crippen molar-refractivity contribution in [3.05, 3.63) is 35.1 Å². The molecule has 1 aromatic carbocycles. The van der Waals surface area contributed by atoms with Crippen molar-refractivity contribution in [3.8, 4) is 0 Å². The number of alkyl halides is 3. The lowest BCUT2D eigenvalue weighted by molar-refractivity contribution is -0.156. The molecule has 100 valence electrons. The van der Waals surface area contributed by atoms with Crippen LogP contribution < -0.4 is 0 Å². The molecule has 0 bridgehead atoms. The normalized spacial score (nSPS) is 15.2. The molecule has 0 aliphatic carbocycles. The Morgan fingerprint density at radius 1 is 1.33 bits per heavy atom. The summed E-state index contributed by atoms with van der Waals surface area (Å²) in [5, 5.41) is 18.1. The highest BCUT2D eigenvalue weighted by molar-refractivity contribution is 5.76. The number of hydrogen-bond acceptors (Lipinski definition) is 2. The van der Waals surface area contributed by atoms with Crippen LogP contribution in [0, 0.1) is 5.82 Å². The maximum atomic E-state index is 13.2. The SMILES string of the molecule is CC(O)(Cc1ccc(C(F)(F)F)c(F)c1)C(=O)O. The first kappa shape index (κ1) is 14.4. The Labute approximate surface area is 99.7 Å². The number of aliphatic carboxylic acids is 1. The number of carboxylic acid groups (broad SMARTS) is 1. The standard InChI is InChI=1S/C11H10F4O3/c1-10(18,9(16)17)5-6-2-3-7(8(12)4-6)11(13,14)15/h2-4,18H,5H2,1H3,(H,16,17). The summed E-state index contributed by atoms with van der Waals surface area (Å²) in [6.07, 6.45) is -5.30. The fourth-order valence-electron chi connectivity index (χ4n) is 1.37. The maximum absolute atomic E-state index is 13.2. The predicted octanol–water partition coefficient (Wildman–Crippen LogP) is 2.22. The van der Waals surface area contributed by atoms with Gasteiger partial charge in [0.2, 0.25) is 0 Å². The van der Waals surface area contributed by atoms with E-state index >= 15 is 0 Å². The summed E-state index contributed by atoms with van der Waals surface area (Å²) in [5.74, 6) is -3.04. The molecular weight excluding hydrogens is 256 g/mol. The van der Waals surface area contributed by atoms with Gasteiger partial charge in [-0.15, -0.1) is 0 Å². The molecule has 3 nitrogen and oxygen atoms in total. The number of halogens is 4. The second-order valence-corrected chi connectivity index (χ2v) is 4.07. The first-order chi connectivity index (χ1) is 8.04. The van der Waals surface area contributed by atoms with Crippen LogP contribution >= 0.6 is 0 Å². The molecule has 1 aromatic rings. The van der Waals surface area contributed by atoms with Gasteiger partial charge in [-0.2, -0.15) is 13.2 Å². The first-order valence-corrected chi connectivity index (χ1v) is 4.85. The number of hydrogen-bond donors (Lipinski definition) is 2. The fraction of sp³-hybridized carbons (Fsp3) is 0.364. The summed E-state index contributed by atoms with van der Waals surface area (Å²) in [4.78, 5) is 10.6. The van der Waals surface area contributed by atoms with Crippen LogP contribution in [0.3, 0.4) is 0 Å². The third kappa shape index (κ3) is 3.19. The lowest BCUT2D eigenvalue weighted by atomic mass is 9.96. The molecule has 1 unspecified atom stereocenters. The van der Waals surface area contributed by atoms with Gasteiger partial charge in [0.05, 0.1) is 5.56 Å². The van der Waals surface area contributed by atoms with Crippen LogP contribution in [-0.4, -0.2) is 21.8 Å². The van der Waals surface area contributed by atoms with Crippen LogP contribution in [0.4, 0.5) is 17.6 Å². The predicted molar refractivity (Wildman–Crippen MR) is 53.4 cm³/mol. The van der Waals surface area contributed by atoms with E-state index in [-0.39, 0.29) is 5.56 Å². The Morgan fingerprint density at radius 2 is 1.89 bits per heavy atom. The largest absolute Gasteiger partial charge is 0.479 e. The average molecular weight is 266 g/mol. The molecule has 0 aromatic heterocycles. The molecule has 0 radical (unpaired) electrons.